The van der Waals surface area contributed by atoms with Crippen molar-refractivity contribution >= 4 is 17.4 Å². The Labute approximate surface area is 158 Å². The van der Waals surface area contributed by atoms with Crippen LogP contribution in [0.25, 0.3) is 5.52 Å². The van der Waals surface area contributed by atoms with Crippen LogP contribution in [-0.4, -0.2) is 56.3 Å². The first-order valence-corrected chi connectivity index (χ1v) is 9.40. The van der Waals surface area contributed by atoms with Gasteiger partial charge in [-0.15, -0.1) is 0 Å². The van der Waals surface area contributed by atoms with E-state index in [-0.39, 0.29) is 5.91 Å². The number of carbonyl (C=O) groups excluding carboxylic acids is 1. The van der Waals surface area contributed by atoms with E-state index < -0.39 is 0 Å². The van der Waals surface area contributed by atoms with Crippen molar-refractivity contribution in [2.75, 3.05) is 31.1 Å². The number of imidazole rings is 1. The van der Waals surface area contributed by atoms with Gasteiger partial charge in [-0.3, -0.25) is 4.79 Å². The van der Waals surface area contributed by atoms with Gasteiger partial charge < -0.3 is 14.2 Å². The zero-order valence-corrected chi connectivity index (χ0v) is 15.7. The van der Waals surface area contributed by atoms with Crippen LogP contribution in [0.4, 0.5) is 5.95 Å². The lowest BCUT2D eigenvalue weighted by Gasteiger charge is -2.34. The Balaban J connectivity index is 1.54. The van der Waals surface area contributed by atoms with Crippen LogP contribution < -0.4 is 4.90 Å². The number of amides is 1. The SMILES string of the molecule is CC(C)Cc1nc(C(=O)N2CCN(c3ncccn3)CC2)c2ccccn12. The van der Waals surface area contributed by atoms with Crippen LogP contribution in [0.15, 0.2) is 42.9 Å². The van der Waals surface area contributed by atoms with E-state index in [0.717, 1.165) is 36.8 Å². The number of piperazine rings is 1. The van der Waals surface area contributed by atoms with E-state index in [2.05, 4.69) is 28.7 Å². The Bertz CT molecular complexity index is 928. The van der Waals surface area contributed by atoms with Gasteiger partial charge in [0.2, 0.25) is 5.95 Å². The monoisotopic (exact) mass is 364 g/mol. The van der Waals surface area contributed by atoms with E-state index in [1.54, 1.807) is 12.4 Å². The minimum absolute atomic E-state index is 0.00216. The van der Waals surface area contributed by atoms with Gasteiger partial charge in [-0.25, -0.2) is 15.0 Å². The first kappa shape index (κ1) is 17.5. The lowest BCUT2D eigenvalue weighted by atomic mass is 10.1. The van der Waals surface area contributed by atoms with Crippen molar-refractivity contribution in [3.63, 3.8) is 0 Å². The highest BCUT2D eigenvalue weighted by molar-refractivity contribution is 5.99. The molecule has 1 amide bonds. The molecule has 7 heteroatoms. The lowest BCUT2D eigenvalue weighted by Crippen LogP contribution is -2.49. The molecular formula is C20H24N6O. The molecule has 0 saturated carbocycles. The summed E-state index contributed by atoms with van der Waals surface area (Å²) in [4.78, 5) is 30.5. The third-order valence-corrected chi connectivity index (χ3v) is 4.82. The van der Waals surface area contributed by atoms with E-state index >= 15 is 0 Å². The standard InChI is InChI=1S/C20H24N6O/c1-15(2)14-17-23-18(16-6-3-4-9-26(16)17)19(27)24-10-12-25(13-11-24)20-21-7-5-8-22-20/h3-9,15H,10-14H2,1-2H3. The summed E-state index contributed by atoms with van der Waals surface area (Å²) >= 11 is 0. The molecule has 7 nitrogen and oxygen atoms in total. The van der Waals surface area contributed by atoms with Crippen molar-refractivity contribution in [1.29, 1.82) is 0 Å². The Morgan fingerprint density at radius 3 is 2.52 bits per heavy atom. The Kier molecular flexibility index (Phi) is 4.75. The average Bonchev–Trinajstić information content (AvgIpc) is 3.06. The van der Waals surface area contributed by atoms with Gasteiger partial charge in [0.25, 0.3) is 5.91 Å². The summed E-state index contributed by atoms with van der Waals surface area (Å²) in [6, 6.07) is 7.71. The summed E-state index contributed by atoms with van der Waals surface area (Å²) in [5.74, 6) is 2.15. The number of nitrogens with zero attached hydrogens (tertiary/aromatic N) is 6. The van der Waals surface area contributed by atoms with Gasteiger partial charge in [-0.2, -0.15) is 0 Å². The van der Waals surface area contributed by atoms with E-state index in [4.69, 9.17) is 4.98 Å². The average molecular weight is 364 g/mol. The maximum atomic E-state index is 13.2. The minimum Gasteiger partial charge on any atom is -0.337 e. The zero-order valence-electron chi connectivity index (χ0n) is 15.7. The Morgan fingerprint density at radius 2 is 1.81 bits per heavy atom. The van der Waals surface area contributed by atoms with E-state index in [0.29, 0.717) is 24.7 Å². The molecule has 1 fully saturated rings. The van der Waals surface area contributed by atoms with Crippen LogP contribution >= 0.6 is 0 Å². The smallest absolute Gasteiger partial charge is 0.274 e. The van der Waals surface area contributed by atoms with Gasteiger partial charge in [0.15, 0.2) is 5.69 Å². The molecule has 0 aromatic carbocycles. The van der Waals surface area contributed by atoms with Gasteiger partial charge in [-0.1, -0.05) is 19.9 Å². The molecule has 1 saturated heterocycles. The second-order valence-electron chi connectivity index (χ2n) is 7.26. The Hall–Kier alpha value is -2.96. The second kappa shape index (κ2) is 7.34. The molecule has 1 aliphatic heterocycles. The van der Waals surface area contributed by atoms with Gasteiger partial charge in [0.1, 0.15) is 5.82 Å². The molecular weight excluding hydrogens is 340 g/mol. The molecule has 4 rings (SSSR count). The van der Waals surface area contributed by atoms with Crippen LogP contribution in [-0.2, 0) is 6.42 Å². The molecule has 0 radical (unpaired) electrons. The maximum absolute atomic E-state index is 13.2. The first-order valence-electron chi connectivity index (χ1n) is 9.40. The highest BCUT2D eigenvalue weighted by atomic mass is 16.2. The molecule has 3 aromatic rings. The fourth-order valence-corrected chi connectivity index (χ4v) is 3.48. The zero-order chi connectivity index (χ0) is 18.8. The quantitative estimate of drug-likeness (QED) is 0.711. The second-order valence-corrected chi connectivity index (χ2v) is 7.26. The molecule has 0 spiro atoms. The minimum atomic E-state index is 0.00216. The largest absolute Gasteiger partial charge is 0.337 e. The normalized spacial score (nSPS) is 14.9. The molecule has 1 aliphatic rings. The van der Waals surface area contributed by atoms with Crippen molar-refractivity contribution in [2.24, 2.45) is 5.92 Å². The topological polar surface area (TPSA) is 66.6 Å². The molecule has 27 heavy (non-hydrogen) atoms. The molecule has 4 heterocycles. The molecule has 3 aromatic heterocycles. The van der Waals surface area contributed by atoms with Crippen molar-refractivity contribution in [1.82, 2.24) is 24.3 Å². The Morgan fingerprint density at radius 1 is 1.07 bits per heavy atom. The summed E-state index contributed by atoms with van der Waals surface area (Å²) in [5.41, 5.74) is 1.43. The highest BCUT2D eigenvalue weighted by Crippen LogP contribution is 2.19. The third kappa shape index (κ3) is 3.49. The predicted octanol–water partition coefficient (Wildman–Crippen LogP) is 2.29. The summed E-state index contributed by atoms with van der Waals surface area (Å²) in [6.45, 7) is 7.05. The molecule has 0 N–H and O–H groups in total. The molecule has 0 bridgehead atoms. The fraction of sp³-hybridized carbons (Fsp3) is 0.400. The summed E-state index contributed by atoms with van der Waals surface area (Å²) in [6.07, 6.45) is 6.32. The van der Waals surface area contributed by atoms with Crippen molar-refractivity contribution in [2.45, 2.75) is 20.3 Å². The summed E-state index contributed by atoms with van der Waals surface area (Å²) in [5, 5.41) is 0. The van der Waals surface area contributed by atoms with Crippen molar-refractivity contribution < 1.29 is 4.79 Å². The lowest BCUT2D eigenvalue weighted by molar-refractivity contribution is 0.0742. The van der Waals surface area contributed by atoms with Crippen LogP contribution in [0.5, 0.6) is 0 Å². The number of fused-ring (bicyclic) bond motifs is 1. The number of hydrogen-bond acceptors (Lipinski definition) is 5. The number of pyridine rings is 1. The summed E-state index contributed by atoms with van der Waals surface area (Å²) in [7, 11) is 0. The van der Waals surface area contributed by atoms with E-state index in [1.807, 2.05) is 39.8 Å². The van der Waals surface area contributed by atoms with Gasteiger partial charge in [0, 0.05) is 51.2 Å². The van der Waals surface area contributed by atoms with Gasteiger partial charge in [-0.05, 0) is 24.1 Å². The van der Waals surface area contributed by atoms with Crippen LogP contribution in [0.2, 0.25) is 0 Å². The van der Waals surface area contributed by atoms with Crippen molar-refractivity contribution in [3.05, 3.63) is 54.4 Å². The summed E-state index contributed by atoms with van der Waals surface area (Å²) < 4.78 is 2.04. The highest BCUT2D eigenvalue weighted by Gasteiger charge is 2.27. The van der Waals surface area contributed by atoms with Crippen molar-refractivity contribution in [3.8, 4) is 0 Å². The predicted molar refractivity (Wildman–Crippen MR) is 104 cm³/mol. The van der Waals surface area contributed by atoms with Crippen LogP contribution in [0.1, 0.15) is 30.2 Å². The number of rotatable bonds is 4. The van der Waals surface area contributed by atoms with Gasteiger partial charge >= 0.3 is 0 Å². The van der Waals surface area contributed by atoms with E-state index in [9.17, 15) is 4.79 Å². The van der Waals surface area contributed by atoms with Crippen LogP contribution in [0.3, 0.4) is 0 Å². The number of hydrogen-bond donors (Lipinski definition) is 0. The van der Waals surface area contributed by atoms with E-state index in [1.165, 1.54) is 0 Å². The third-order valence-electron chi connectivity index (χ3n) is 4.82. The van der Waals surface area contributed by atoms with Gasteiger partial charge in [0.05, 0.1) is 5.52 Å². The van der Waals surface area contributed by atoms with Crippen LogP contribution in [0, 0.1) is 5.92 Å². The molecule has 0 unspecified atom stereocenters. The number of carbonyl (C=O) groups is 1. The number of aromatic nitrogens is 4. The fourth-order valence-electron chi connectivity index (χ4n) is 3.48. The number of anilines is 1. The first-order chi connectivity index (χ1) is 13.1. The molecule has 0 aliphatic carbocycles. The molecule has 0 atom stereocenters. The maximum Gasteiger partial charge on any atom is 0.274 e. The molecule has 140 valence electrons.